The zero-order valence-electron chi connectivity index (χ0n) is 13.8. The molecule has 0 aliphatic carbocycles. The number of hydrogen-bond donors (Lipinski definition) is 1. The van der Waals surface area contributed by atoms with Crippen LogP contribution in [0, 0.1) is 6.92 Å². The second-order valence-electron chi connectivity index (χ2n) is 6.42. The van der Waals surface area contributed by atoms with Crippen molar-refractivity contribution in [2.45, 2.75) is 58.7 Å². The predicted octanol–water partition coefficient (Wildman–Crippen LogP) is 3.65. The van der Waals surface area contributed by atoms with Gasteiger partial charge in [-0.25, -0.2) is 0 Å². The average molecular weight is 291 g/mol. The molecule has 0 amide bonds. The Morgan fingerprint density at radius 1 is 1.33 bits per heavy atom. The fourth-order valence-corrected chi connectivity index (χ4v) is 2.73. The molecule has 1 aliphatic heterocycles. The molecular formula is C18H29NO2. The van der Waals surface area contributed by atoms with Crippen LogP contribution >= 0.6 is 0 Å². The summed E-state index contributed by atoms with van der Waals surface area (Å²) < 4.78 is 11.8. The van der Waals surface area contributed by atoms with E-state index in [9.17, 15) is 0 Å². The smallest absolute Gasteiger partial charge is 0.123 e. The molecule has 1 aliphatic rings. The van der Waals surface area contributed by atoms with Crippen LogP contribution in [0.5, 0.6) is 5.75 Å². The maximum atomic E-state index is 6.15. The van der Waals surface area contributed by atoms with Crippen LogP contribution in [0.1, 0.15) is 50.7 Å². The number of ether oxygens (including phenoxy) is 2. The van der Waals surface area contributed by atoms with Gasteiger partial charge in [-0.05, 0) is 49.8 Å². The summed E-state index contributed by atoms with van der Waals surface area (Å²) in [7, 11) is 0. The van der Waals surface area contributed by atoms with Crippen molar-refractivity contribution in [3.8, 4) is 5.75 Å². The van der Waals surface area contributed by atoms with E-state index in [2.05, 4.69) is 51.2 Å². The zero-order chi connectivity index (χ0) is 15.2. The molecule has 3 heteroatoms. The molecule has 1 heterocycles. The molecule has 3 nitrogen and oxygen atoms in total. The quantitative estimate of drug-likeness (QED) is 0.831. The van der Waals surface area contributed by atoms with Crippen molar-refractivity contribution < 1.29 is 9.47 Å². The van der Waals surface area contributed by atoms with Gasteiger partial charge in [-0.3, -0.25) is 0 Å². The second kappa shape index (κ2) is 7.81. The molecule has 21 heavy (non-hydrogen) atoms. The topological polar surface area (TPSA) is 30.5 Å². The first-order valence-corrected chi connectivity index (χ1v) is 8.15. The molecule has 0 spiro atoms. The minimum Gasteiger partial charge on any atom is -0.489 e. The highest BCUT2D eigenvalue weighted by Gasteiger charge is 2.16. The molecule has 0 bridgehead atoms. The minimum atomic E-state index is 0.158. The summed E-state index contributed by atoms with van der Waals surface area (Å²) in [5.74, 6) is 1.50. The zero-order valence-corrected chi connectivity index (χ0v) is 13.8. The Morgan fingerprint density at radius 3 is 2.81 bits per heavy atom. The van der Waals surface area contributed by atoms with E-state index < -0.39 is 0 Å². The normalized spacial score (nSPS) is 20.0. The summed E-state index contributed by atoms with van der Waals surface area (Å²) >= 11 is 0. The van der Waals surface area contributed by atoms with Crippen molar-refractivity contribution in [3.05, 3.63) is 29.3 Å². The lowest BCUT2D eigenvalue weighted by Crippen LogP contribution is -2.34. The minimum absolute atomic E-state index is 0.158. The Kier molecular flexibility index (Phi) is 6.07. The molecule has 2 rings (SSSR count). The van der Waals surface area contributed by atoms with Gasteiger partial charge in [-0.15, -0.1) is 0 Å². The monoisotopic (exact) mass is 291 g/mol. The lowest BCUT2D eigenvalue weighted by molar-refractivity contribution is 0.106. The summed E-state index contributed by atoms with van der Waals surface area (Å²) in [6.07, 6.45) is 2.92. The molecular weight excluding hydrogens is 262 g/mol. The molecule has 0 saturated carbocycles. The van der Waals surface area contributed by atoms with E-state index in [0.29, 0.717) is 12.0 Å². The van der Waals surface area contributed by atoms with Crippen molar-refractivity contribution in [1.82, 2.24) is 5.32 Å². The average Bonchev–Trinajstić information content (AvgIpc) is 2.91. The molecule has 2 atom stereocenters. The van der Waals surface area contributed by atoms with Crippen LogP contribution < -0.4 is 10.1 Å². The van der Waals surface area contributed by atoms with E-state index >= 15 is 0 Å². The van der Waals surface area contributed by atoms with Gasteiger partial charge in [0.05, 0.1) is 6.10 Å². The molecule has 118 valence electrons. The van der Waals surface area contributed by atoms with Crippen LogP contribution in [0.15, 0.2) is 18.2 Å². The molecule has 1 aromatic carbocycles. The van der Waals surface area contributed by atoms with Crippen LogP contribution in [0.2, 0.25) is 0 Å². The Balaban J connectivity index is 1.83. The lowest BCUT2D eigenvalue weighted by atomic mass is 10.0. The van der Waals surface area contributed by atoms with Crippen molar-refractivity contribution in [3.63, 3.8) is 0 Å². The van der Waals surface area contributed by atoms with E-state index in [4.69, 9.17) is 9.47 Å². The Labute approximate surface area is 129 Å². The Morgan fingerprint density at radius 2 is 2.14 bits per heavy atom. The lowest BCUT2D eigenvalue weighted by Gasteiger charge is -2.20. The third kappa shape index (κ3) is 5.01. The summed E-state index contributed by atoms with van der Waals surface area (Å²) in [5, 5.41) is 3.46. The molecule has 0 aromatic heterocycles. The van der Waals surface area contributed by atoms with Crippen molar-refractivity contribution in [2.24, 2.45) is 0 Å². The summed E-state index contributed by atoms with van der Waals surface area (Å²) in [6, 6.07) is 6.48. The van der Waals surface area contributed by atoms with Gasteiger partial charge in [0, 0.05) is 19.7 Å². The Hall–Kier alpha value is -1.06. The van der Waals surface area contributed by atoms with E-state index in [0.717, 1.165) is 25.4 Å². The van der Waals surface area contributed by atoms with Crippen LogP contribution in [-0.4, -0.2) is 31.9 Å². The van der Waals surface area contributed by atoms with Gasteiger partial charge in [0.2, 0.25) is 0 Å². The second-order valence-corrected chi connectivity index (χ2v) is 6.42. The van der Waals surface area contributed by atoms with Gasteiger partial charge < -0.3 is 14.8 Å². The van der Waals surface area contributed by atoms with Crippen molar-refractivity contribution in [1.29, 1.82) is 0 Å². The molecule has 0 radical (unpaired) electrons. The van der Waals surface area contributed by atoms with E-state index in [1.54, 1.807) is 0 Å². The SMILES string of the molecule is Cc1ccc(C(C)C)c(OC(C)CNCC2CCCO2)c1. The Bertz CT molecular complexity index is 439. The number of benzene rings is 1. The van der Waals surface area contributed by atoms with Crippen LogP contribution in [0.4, 0.5) is 0 Å². The molecule has 1 aromatic rings. The number of rotatable bonds is 7. The molecule has 1 saturated heterocycles. The number of nitrogens with one attached hydrogen (secondary N) is 1. The molecule has 1 fully saturated rings. The van der Waals surface area contributed by atoms with Gasteiger partial charge >= 0.3 is 0 Å². The fourth-order valence-electron chi connectivity index (χ4n) is 2.73. The highest BCUT2D eigenvalue weighted by Crippen LogP contribution is 2.28. The standard InChI is InChI=1S/C18H29NO2/c1-13(2)17-8-7-14(3)10-18(17)21-15(4)11-19-12-16-6-5-9-20-16/h7-8,10,13,15-16,19H,5-6,9,11-12H2,1-4H3. The van der Waals surface area contributed by atoms with Gasteiger partial charge in [0.15, 0.2) is 0 Å². The third-order valence-corrected chi connectivity index (χ3v) is 3.95. The maximum Gasteiger partial charge on any atom is 0.123 e. The highest BCUT2D eigenvalue weighted by molar-refractivity contribution is 5.39. The first-order valence-electron chi connectivity index (χ1n) is 8.15. The largest absolute Gasteiger partial charge is 0.489 e. The highest BCUT2D eigenvalue weighted by atomic mass is 16.5. The first kappa shape index (κ1) is 16.3. The summed E-state index contributed by atoms with van der Waals surface area (Å²) in [6.45, 7) is 11.3. The van der Waals surface area contributed by atoms with Crippen LogP contribution in [0.3, 0.4) is 0 Å². The van der Waals surface area contributed by atoms with Crippen LogP contribution in [-0.2, 0) is 4.74 Å². The van der Waals surface area contributed by atoms with Gasteiger partial charge in [-0.1, -0.05) is 26.0 Å². The number of hydrogen-bond acceptors (Lipinski definition) is 3. The van der Waals surface area contributed by atoms with Gasteiger partial charge in [-0.2, -0.15) is 0 Å². The summed E-state index contributed by atoms with van der Waals surface area (Å²) in [5.41, 5.74) is 2.53. The van der Waals surface area contributed by atoms with Crippen LogP contribution in [0.25, 0.3) is 0 Å². The van der Waals surface area contributed by atoms with Gasteiger partial charge in [0.1, 0.15) is 11.9 Å². The van der Waals surface area contributed by atoms with E-state index in [1.165, 1.54) is 24.0 Å². The van der Waals surface area contributed by atoms with Crippen molar-refractivity contribution >= 4 is 0 Å². The third-order valence-electron chi connectivity index (χ3n) is 3.95. The molecule has 2 unspecified atom stereocenters. The van der Waals surface area contributed by atoms with Gasteiger partial charge in [0.25, 0.3) is 0 Å². The predicted molar refractivity (Wildman–Crippen MR) is 87.2 cm³/mol. The van der Waals surface area contributed by atoms with Crippen molar-refractivity contribution in [2.75, 3.05) is 19.7 Å². The maximum absolute atomic E-state index is 6.15. The van der Waals surface area contributed by atoms with E-state index in [-0.39, 0.29) is 6.10 Å². The van der Waals surface area contributed by atoms with E-state index in [1.807, 2.05) is 0 Å². The fraction of sp³-hybridized carbons (Fsp3) is 0.667. The molecule has 1 N–H and O–H groups in total. The summed E-state index contributed by atoms with van der Waals surface area (Å²) in [4.78, 5) is 0. The number of aryl methyl sites for hydroxylation is 1. The first-order chi connectivity index (χ1) is 10.1.